The Morgan fingerprint density at radius 2 is 2.50 bits per heavy atom. The molecule has 0 aliphatic rings. The van der Waals surface area contributed by atoms with E-state index < -0.39 is 12.0 Å². The zero-order valence-electron chi connectivity index (χ0n) is 7.34. The average Bonchev–Trinajstić information content (AvgIpc) is 2.16. The Morgan fingerprint density at radius 3 is 3.07 bits per heavy atom. The van der Waals surface area contributed by atoms with Crippen LogP contribution in [0.15, 0.2) is 18.3 Å². The second kappa shape index (κ2) is 4.35. The van der Waals surface area contributed by atoms with E-state index in [1.807, 2.05) is 6.07 Å². The number of carboxylic acid groups (broad SMARTS) is 1. The van der Waals surface area contributed by atoms with Crippen LogP contribution in [-0.4, -0.2) is 16.1 Å². The third kappa shape index (κ3) is 2.28. The van der Waals surface area contributed by atoms with Crippen LogP contribution in [0, 0.1) is 11.3 Å². The number of carbonyl (C=O) groups is 1. The van der Waals surface area contributed by atoms with Gasteiger partial charge in [0.15, 0.2) is 0 Å². The third-order valence-electron chi connectivity index (χ3n) is 1.74. The molecule has 0 aliphatic carbocycles. The second-order valence-corrected chi connectivity index (χ2v) is 2.76. The summed E-state index contributed by atoms with van der Waals surface area (Å²) in [5.74, 6) is -0.995. The molecule has 0 amide bonds. The predicted molar refractivity (Wildman–Crippen MR) is 48.1 cm³/mol. The molecule has 5 nitrogen and oxygen atoms in total. The van der Waals surface area contributed by atoms with Crippen LogP contribution in [-0.2, 0) is 4.79 Å². The monoisotopic (exact) mass is 191 g/mol. The number of nitrogens with two attached hydrogens (primary N) is 1. The Labute approximate surface area is 80.8 Å². The van der Waals surface area contributed by atoms with Gasteiger partial charge in [-0.15, -0.1) is 0 Å². The first-order chi connectivity index (χ1) is 6.65. The third-order valence-corrected chi connectivity index (χ3v) is 1.74. The molecule has 0 bridgehead atoms. The van der Waals surface area contributed by atoms with E-state index >= 15 is 0 Å². The summed E-state index contributed by atoms with van der Waals surface area (Å²) in [6.07, 6.45) is 1.26. The highest BCUT2D eigenvalue weighted by molar-refractivity contribution is 5.68. The zero-order valence-corrected chi connectivity index (χ0v) is 7.34. The van der Waals surface area contributed by atoms with Crippen molar-refractivity contribution < 1.29 is 9.90 Å². The first-order valence-corrected chi connectivity index (χ1v) is 3.97. The average molecular weight is 191 g/mol. The molecule has 0 saturated carbocycles. The molecular weight excluding hydrogens is 182 g/mol. The molecule has 72 valence electrons. The van der Waals surface area contributed by atoms with Crippen molar-refractivity contribution in [1.82, 2.24) is 4.98 Å². The van der Waals surface area contributed by atoms with Gasteiger partial charge < -0.3 is 10.8 Å². The van der Waals surface area contributed by atoms with Crippen LogP contribution in [0.5, 0.6) is 0 Å². The molecule has 3 N–H and O–H groups in total. The van der Waals surface area contributed by atoms with E-state index in [0.717, 1.165) is 0 Å². The number of nitrogens with zero attached hydrogens (tertiary/aromatic N) is 2. The summed E-state index contributed by atoms with van der Waals surface area (Å²) in [4.78, 5) is 14.2. The molecule has 14 heavy (non-hydrogen) atoms. The molecule has 0 radical (unpaired) electrons. The largest absolute Gasteiger partial charge is 0.481 e. The van der Waals surface area contributed by atoms with E-state index in [1.54, 1.807) is 12.1 Å². The minimum atomic E-state index is -0.995. The molecule has 1 aromatic rings. The fourth-order valence-corrected chi connectivity index (χ4v) is 1.11. The summed E-state index contributed by atoms with van der Waals surface area (Å²) in [6.45, 7) is 0. The van der Waals surface area contributed by atoms with Crippen molar-refractivity contribution in [2.24, 2.45) is 5.73 Å². The lowest BCUT2D eigenvalue weighted by atomic mass is 10.0. The number of rotatable bonds is 3. The predicted octanol–water partition coefficient (Wildman–Crippen LogP) is 0.428. The summed E-state index contributed by atoms with van der Waals surface area (Å²) in [7, 11) is 0. The van der Waals surface area contributed by atoms with Crippen molar-refractivity contribution in [3.05, 3.63) is 29.6 Å². The lowest BCUT2D eigenvalue weighted by molar-refractivity contribution is -0.137. The second-order valence-electron chi connectivity index (χ2n) is 2.76. The van der Waals surface area contributed by atoms with Crippen molar-refractivity contribution in [2.45, 2.75) is 12.5 Å². The Morgan fingerprint density at radius 1 is 1.79 bits per heavy atom. The Hall–Kier alpha value is -1.93. The molecule has 1 rings (SSSR count). The van der Waals surface area contributed by atoms with Gasteiger partial charge in [-0.3, -0.25) is 4.79 Å². The summed E-state index contributed by atoms with van der Waals surface area (Å²) in [5, 5.41) is 17.2. The number of carboxylic acids is 1. The van der Waals surface area contributed by atoms with Crippen molar-refractivity contribution >= 4 is 5.97 Å². The van der Waals surface area contributed by atoms with E-state index in [1.165, 1.54) is 6.20 Å². The lowest BCUT2D eigenvalue weighted by Crippen LogP contribution is -2.16. The number of aliphatic carboxylic acids is 1. The van der Waals surface area contributed by atoms with Crippen LogP contribution >= 0.6 is 0 Å². The smallest absolute Gasteiger partial charge is 0.305 e. The maximum absolute atomic E-state index is 10.4. The normalized spacial score (nSPS) is 11.7. The SMILES string of the molecule is N#Cc1ncccc1[C@H](N)CC(=O)O. The molecule has 0 aliphatic heterocycles. The van der Waals surface area contributed by atoms with Gasteiger partial charge in [-0.05, 0) is 6.07 Å². The molecule has 1 aromatic heterocycles. The maximum Gasteiger partial charge on any atom is 0.305 e. The van der Waals surface area contributed by atoms with Crippen LogP contribution in [0.3, 0.4) is 0 Å². The first-order valence-electron chi connectivity index (χ1n) is 3.97. The van der Waals surface area contributed by atoms with Gasteiger partial charge in [0.25, 0.3) is 0 Å². The highest BCUT2D eigenvalue weighted by Gasteiger charge is 2.14. The Kier molecular flexibility index (Phi) is 3.15. The van der Waals surface area contributed by atoms with E-state index in [-0.39, 0.29) is 12.1 Å². The number of hydrogen-bond acceptors (Lipinski definition) is 4. The van der Waals surface area contributed by atoms with Crippen molar-refractivity contribution in [2.75, 3.05) is 0 Å². The minimum Gasteiger partial charge on any atom is -0.481 e. The highest BCUT2D eigenvalue weighted by Crippen LogP contribution is 2.15. The van der Waals surface area contributed by atoms with E-state index in [4.69, 9.17) is 16.1 Å². The summed E-state index contributed by atoms with van der Waals surface area (Å²) < 4.78 is 0. The standard InChI is InChI=1S/C9H9N3O2/c10-5-8-6(2-1-3-12-8)7(11)4-9(13)14/h1-3,7H,4,11H2,(H,13,14)/t7-/m1/s1. The van der Waals surface area contributed by atoms with Crippen LogP contribution in [0.2, 0.25) is 0 Å². The quantitative estimate of drug-likeness (QED) is 0.721. The van der Waals surface area contributed by atoms with E-state index in [9.17, 15) is 4.79 Å². The molecular formula is C9H9N3O2. The summed E-state index contributed by atoms with van der Waals surface area (Å²) >= 11 is 0. The molecule has 0 saturated heterocycles. The van der Waals surface area contributed by atoms with Gasteiger partial charge in [-0.2, -0.15) is 5.26 Å². The number of hydrogen-bond donors (Lipinski definition) is 2. The summed E-state index contributed by atoms with van der Waals surface area (Å²) in [5.41, 5.74) is 6.25. The van der Waals surface area contributed by atoms with Crippen molar-refractivity contribution in [3.63, 3.8) is 0 Å². The summed E-state index contributed by atoms with van der Waals surface area (Å²) in [6, 6.07) is 4.41. The Bertz CT molecular complexity index is 384. The zero-order chi connectivity index (χ0) is 10.6. The topological polar surface area (TPSA) is 100 Å². The molecule has 0 aromatic carbocycles. The van der Waals surface area contributed by atoms with Crippen LogP contribution in [0.1, 0.15) is 23.7 Å². The van der Waals surface area contributed by atoms with Crippen molar-refractivity contribution in [3.8, 4) is 6.07 Å². The van der Waals surface area contributed by atoms with Gasteiger partial charge in [0.05, 0.1) is 6.42 Å². The lowest BCUT2D eigenvalue weighted by Gasteiger charge is -2.09. The number of pyridine rings is 1. The first kappa shape index (κ1) is 10.2. The molecule has 1 heterocycles. The highest BCUT2D eigenvalue weighted by atomic mass is 16.4. The van der Waals surface area contributed by atoms with Gasteiger partial charge in [-0.1, -0.05) is 6.07 Å². The van der Waals surface area contributed by atoms with Crippen LogP contribution < -0.4 is 5.73 Å². The molecule has 0 unspecified atom stereocenters. The molecule has 5 heteroatoms. The van der Waals surface area contributed by atoms with Gasteiger partial charge in [0, 0.05) is 17.8 Å². The van der Waals surface area contributed by atoms with Gasteiger partial charge in [0.1, 0.15) is 11.8 Å². The van der Waals surface area contributed by atoms with Gasteiger partial charge in [-0.25, -0.2) is 4.98 Å². The maximum atomic E-state index is 10.4. The number of nitriles is 1. The molecule has 1 atom stereocenters. The van der Waals surface area contributed by atoms with Crippen LogP contribution in [0.4, 0.5) is 0 Å². The fraction of sp³-hybridized carbons (Fsp3) is 0.222. The van der Waals surface area contributed by atoms with Gasteiger partial charge in [0.2, 0.25) is 0 Å². The van der Waals surface area contributed by atoms with Crippen LogP contribution in [0.25, 0.3) is 0 Å². The fourth-order valence-electron chi connectivity index (χ4n) is 1.11. The number of aromatic nitrogens is 1. The van der Waals surface area contributed by atoms with Crippen molar-refractivity contribution in [1.29, 1.82) is 5.26 Å². The van der Waals surface area contributed by atoms with Gasteiger partial charge >= 0.3 is 5.97 Å². The molecule has 0 spiro atoms. The van der Waals surface area contributed by atoms with E-state index in [0.29, 0.717) is 5.56 Å². The van der Waals surface area contributed by atoms with E-state index in [2.05, 4.69) is 4.98 Å². The Balaban J connectivity index is 2.95. The minimum absolute atomic E-state index is 0.182. The molecule has 0 fully saturated rings.